The zero-order chi connectivity index (χ0) is 13.0. The van der Waals surface area contributed by atoms with E-state index >= 15 is 0 Å². The van der Waals surface area contributed by atoms with E-state index < -0.39 is 5.97 Å². The van der Waals surface area contributed by atoms with Gasteiger partial charge in [-0.15, -0.1) is 11.3 Å². The second kappa shape index (κ2) is 5.75. The molecular weight excluding hydrogens is 250 g/mol. The van der Waals surface area contributed by atoms with Gasteiger partial charge in [0.05, 0.1) is 13.7 Å². The summed E-state index contributed by atoms with van der Waals surface area (Å²) in [4.78, 5) is 15.6. The molecule has 2 rings (SSSR count). The van der Waals surface area contributed by atoms with Crippen LogP contribution >= 0.6 is 11.3 Å². The van der Waals surface area contributed by atoms with E-state index in [0.29, 0.717) is 12.3 Å². The topological polar surface area (TPSA) is 48.4 Å². The van der Waals surface area contributed by atoms with Gasteiger partial charge >= 0.3 is 5.97 Å². The molecule has 1 aromatic carbocycles. The molecule has 1 heterocycles. The average Bonchev–Trinajstić information content (AvgIpc) is 2.88. The summed E-state index contributed by atoms with van der Waals surface area (Å²) in [5.74, 6) is -0.415. The Kier molecular flexibility index (Phi) is 4.07. The summed E-state index contributed by atoms with van der Waals surface area (Å²) < 4.78 is 9.79. The minimum atomic E-state index is -0.415. The molecule has 0 aliphatic rings. The number of carbonyl (C=O) groups excluding carboxylic acids is 1. The minimum absolute atomic E-state index is 0.338. The third-order valence-electron chi connectivity index (χ3n) is 2.45. The Hall–Kier alpha value is -1.72. The van der Waals surface area contributed by atoms with Crippen LogP contribution < -0.4 is 0 Å². The number of aromatic nitrogens is 1. The first-order valence-corrected chi connectivity index (χ1v) is 6.25. The van der Waals surface area contributed by atoms with Crippen LogP contribution in [-0.4, -0.2) is 25.2 Å². The molecule has 0 aliphatic heterocycles. The molecule has 0 amide bonds. The van der Waals surface area contributed by atoms with Gasteiger partial charge in [0.25, 0.3) is 0 Å². The molecule has 0 unspecified atom stereocenters. The van der Waals surface area contributed by atoms with Gasteiger partial charge in [-0.2, -0.15) is 0 Å². The SMILES string of the molecule is COCc1ccccc1-c1nc(C(=O)OC)cs1. The Bertz CT molecular complexity index is 551. The van der Waals surface area contributed by atoms with Gasteiger partial charge in [-0.05, 0) is 5.56 Å². The highest BCUT2D eigenvalue weighted by molar-refractivity contribution is 7.13. The number of hydrogen-bond acceptors (Lipinski definition) is 5. The number of thiazole rings is 1. The molecular formula is C13H13NO3S. The minimum Gasteiger partial charge on any atom is -0.464 e. The van der Waals surface area contributed by atoms with E-state index in [0.717, 1.165) is 16.1 Å². The van der Waals surface area contributed by atoms with Gasteiger partial charge in [0, 0.05) is 18.1 Å². The van der Waals surface area contributed by atoms with E-state index in [4.69, 9.17) is 4.74 Å². The fourth-order valence-corrected chi connectivity index (χ4v) is 2.46. The molecule has 0 N–H and O–H groups in total. The van der Waals surface area contributed by atoms with E-state index in [1.165, 1.54) is 18.4 Å². The van der Waals surface area contributed by atoms with Crippen LogP contribution in [0.4, 0.5) is 0 Å². The van der Waals surface area contributed by atoms with Gasteiger partial charge in [0.2, 0.25) is 0 Å². The monoisotopic (exact) mass is 263 g/mol. The summed E-state index contributed by atoms with van der Waals surface area (Å²) in [6.07, 6.45) is 0. The highest BCUT2D eigenvalue weighted by Gasteiger charge is 2.13. The quantitative estimate of drug-likeness (QED) is 0.796. The predicted octanol–water partition coefficient (Wildman–Crippen LogP) is 2.74. The fourth-order valence-electron chi connectivity index (χ4n) is 1.61. The number of rotatable bonds is 4. The number of methoxy groups -OCH3 is 2. The smallest absolute Gasteiger partial charge is 0.357 e. The number of hydrogen-bond donors (Lipinski definition) is 0. The van der Waals surface area contributed by atoms with E-state index in [2.05, 4.69) is 9.72 Å². The van der Waals surface area contributed by atoms with Gasteiger partial charge in [-0.3, -0.25) is 0 Å². The maximum atomic E-state index is 11.4. The first-order chi connectivity index (χ1) is 8.76. The second-order valence-corrected chi connectivity index (χ2v) is 4.48. The molecule has 0 radical (unpaired) electrons. The highest BCUT2D eigenvalue weighted by Crippen LogP contribution is 2.27. The van der Waals surface area contributed by atoms with Gasteiger partial charge in [0.15, 0.2) is 5.69 Å². The van der Waals surface area contributed by atoms with Crippen LogP contribution in [0, 0.1) is 0 Å². The van der Waals surface area contributed by atoms with Crippen molar-refractivity contribution in [3.8, 4) is 10.6 Å². The summed E-state index contributed by atoms with van der Waals surface area (Å²) in [5.41, 5.74) is 2.37. The zero-order valence-corrected chi connectivity index (χ0v) is 11.0. The molecule has 0 bridgehead atoms. The van der Waals surface area contributed by atoms with Gasteiger partial charge < -0.3 is 9.47 Å². The number of carbonyl (C=O) groups is 1. The van der Waals surface area contributed by atoms with Crippen LogP contribution in [0.1, 0.15) is 16.1 Å². The summed E-state index contributed by atoms with van der Waals surface area (Å²) in [7, 11) is 3.00. The van der Waals surface area contributed by atoms with Crippen LogP contribution in [0.2, 0.25) is 0 Å². The van der Waals surface area contributed by atoms with Crippen molar-refractivity contribution in [1.82, 2.24) is 4.98 Å². The van der Waals surface area contributed by atoms with E-state index in [9.17, 15) is 4.79 Å². The van der Waals surface area contributed by atoms with Crippen molar-refractivity contribution in [2.45, 2.75) is 6.61 Å². The number of ether oxygens (including phenoxy) is 2. The molecule has 0 saturated carbocycles. The van der Waals surface area contributed by atoms with Gasteiger partial charge in [-0.25, -0.2) is 9.78 Å². The van der Waals surface area contributed by atoms with Crippen molar-refractivity contribution in [2.24, 2.45) is 0 Å². The molecule has 0 aliphatic carbocycles. The van der Waals surface area contributed by atoms with Crippen LogP contribution in [0.25, 0.3) is 10.6 Å². The normalized spacial score (nSPS) is 10.3. The van der Waals surface area contributed by atoms with Crippen LogP contribution in [-0.2, 0) is 16.1 Å². The molecule has 0 spiro atoms. The lowest BCUT2D eigenvalue weighted by Crippen LogP contribution is -2.01. The van der Waals surface area contributed by atoms with Crippen LogP contribution in [0.3, 0.4) is 0 Å². The molecule has 94 valence electrons. The van der Waals surface area contributed by atoms with Crippen molar-refractivity contribution in [3.05, 3.63) is 40.9 Å². The maximum Gasteiger partial charge on any atom is 0.357 e. The van der Waals surface area contributed by atoms with Crippen LogP contribution in [0.15, 0.2) is 29.6 Å². The predicted molar refractivity (Wildman–Crippen MR) is 69.6 cm³/mol. The summed E-state index contributed by atoms with van der Waals surface area (Å²) >= 11 is 1.42. The van der Waals surface area contributed by atoms with Crippen molar-refractivity contribution in [2.75, 3.05) is 14.2 Å². The average molecular weight is 263 g/mol. The summed E-state index contributed by atoms with van der Waals surface area (Å²) in [6.45, 7) is 0.517. The van der Waals surface area contributed by atoms with Crippen molar-refractivity contribution >= 4 is 17.3 Å². The summed E-state index contributed by atoms with van der Waals surface area (Å²) in [5, 5.41) is 2.49. The van der Waals surface area contributed by atoms with Gasteiger partial charge in [0.1, 0.15) is 5.01 Å². The lowest BCUT2D eigenvalue weighted by molar-refractivity contribution is 0.0595. The van der Waals surface area contributed by atoms with E-state index in [1.807, 2.05) is 24.3 Å². The van der Waals surface area contributed by atoms with Crippen molar-refractivity contribution < 1.29 is 14.3 Å². The van der Waals surface area contributed by atoms with Crippen LogP contribution in [0.5, 0.6) is 0 Å². The zero-order valence-electron chi connectivity index (χ0n) is 10.2. The molecule has 0 atom stereocenters. The number of nitrogens with zero attached hydrogens (tertiary/aromatic N) is 1. The Morgan fingerprint density at radius 2 is 2.11 bits per heavy atom. The molecule has 4 nitrogen and oxygen atoms in total. The Labute approximate surface area is 109 Å². The Morgan fingerprint density at radius 1 is 1.33 bits per heavy atom. The first-order valence-electron chi connectivity index (χ1n) is 5.37. The van der Waals surface area contributed by atoms with Gasteiger partial charge in [-0.1, -0.05) is 24.3 Å². The molecule has 0 fully saturated rings. The summed E-state index contributed by atoms with van der Waals surface area (Å²) in [6, 6.07) is 7.84. The van der Waals surface area contributed by atoms with E-state index in [1.54, 1.807) is 12.5 Å². The number of esters is 1. The van der Waals surface area contributed by atoms with Crippen molar-refractivity contribution in [1.29, 1.82) is 0 Å². The highest BCUT2D eigenvalue weighted by atomic mass is 32.1. The van der Waals surface area contributed by atoms with Crippen molar-refractivity contribution in [3.63, 3.8) is 0 Å². The standard InChI is InChI=1S/C13H13NO3S/c1-16-7-9-5-3-4-6-10(9)12-14-11(8-18-12)13(15)17-2/h3-6,8H,7H2,1-2H3. The molecule has 1 aromatic heterocycles. The first kappa shape index (κ1) is 12.7. The molecule has 18 heavy (non-hydrogen) atoms. The third-order valence-corrected chi connectivity index (χ3v) is 3.32. The maximum absolute atomic E-state index is 11.4. The second-order valence-electron chi connectivity index (χ2n) is 3.62. The van der Waals surface area contributed by atoms with E-state index in [-0.39, 0.29) is 0 Å². The lowest BCUT2D eigenvalue weighted by Gasteiger charge is -2.05. The molecule has 0 saturated heterocycles. The Morgan fingerprint density at radius 3 is 2.83 bits per heavy atom. The third kappa shape index (κ3) is 2.57. The fraction of sp³-hybridized carbons (Fsp3) is 0.231. The Balaban J connectivity index is 2.36. The molecule has 2 aromatic rings. The lowest BCUT2D eigenvalue weighted by atomic mass is 10.1. The molecule has 5 heteroatoms. The largest absolute Gasteiger partial charge is 0.464 e. The number of benzene rings is 1.